The summed E-state index contributed by atoms with van der Waals surface area (Å²) in [6.45, 7) is 7.61. The standard InChI is InChI=1S/C13H24N4O2S2/c1-5-17(6-2)13-16-11(14)10(20-13)12(18)15-9(3)7-8-21(4)19/h9H,5-8,14H2,1-4H3,(H,15,18). The SMILES string of the molecule is CCN(CC)c1nc(N)c(C(=O)NC(C)CCS(C)=O)s1. The zero-order valence-electron chi connectivity index (χ0n) is 13.0. The van der Waals surface area contributed by atoms with Crippen LogP contribution in [0.1, 0.15) is 36.9 Å². The second-order valence-electron chi connectivity index (χ2n) is 4.82. The zero-order chi connectivity index (χ0) is 16.0. The number of carbonyl (C=O) groups excluding carboxylic acids is 1. The molecule has 1 amide bonds. The normalized spacial score (nSPS) is 13.7. The summed E-state index contributed by atoms with van der Waals surface area (Å²) in [6.07, 6.45) is 2.34. The average molecular weight is 332 g/mol. The van der Waals surface area contributed by atoms with E-state index in [1.54, 1.807) is 6.26 Å². The summed E-state index contributed by atoms with van der Waals surface area (Å²) in [5.41, 5.74) is 5.85. The van der Waals surface area contributed by atoms with Crippen molar-refractivity contribution in [1.29, 1.82) is 0 Å². The van der Waals surface area contributed by atoms with Gasteiger partial charge in [0.15, 0.2) is 5.13 Å². The number of hydrogen-bond acceptors (Lipinski definition) is 6. The second kappa shape index (κ2) is 8.33. The third-order valence-corrected chi connectivity index (χ3v) is 5.04. The largest absolute Gasteiger partial charge is 0.382 e. The number of amides is 1. The molecule has 0 spiro atoms. The number of hydrogen-bond donors (Lipinski definition) is 2. The molecule has 0 fully saturated rings. The number of nitrogens with two attached hydrogens (primary N) is 1. The number of nitrogens with zero attached hydrogens (tertiary/aromatic N) is 2. The number of nitrogens with one attached hydrogen (secondary N) is 1. The molecule has 1 aromatic rings. The first kappa shape index (κ1) is 17.9. The molecule has 0 aliphatic rings. The van der Waals surface area contributed by atoms with Gasteiger partial charge in [-0.15, -0.1) is 0 Å². The summed E-state index contributed by atoms with van der Waals surface area (Å²) in [6, 6.07) is -0.0418. The fraction of sp³-hybridized carbons (Fsp3) is 0.692. The van der Waals surface area contributed by atoms with Crippen LogP contribution in [0.5, 0.6) is 0 Å². The highest BCUT2D eigenvalue weighted by molar-refractivity contribution is 7.84. The van der Waals surface area contributed by atoms with Gasteiger partial charge in [-0.2, -0.15) is 0 Å². The maximum atomic E-state index is 12.2. The molecule has 120 valence electrons. The molecule has 0 bridgehead atoms. The Balaban J connectivity index is 2.72. The minimum absolute atomic E-state index is 0.0418. The molecule has 0 saturated heterocycles. The molecular weight excluding hydrogens is 308 g/mol. The van der Waals surface area contributed by atoms with Gasteiger partial charge in [0, 0.05) is 41.9 Å². The van der Waals surface area contributed by atoms with E-state index in [1.165, 1.54) is 11.3 Å². The van der Waals surface area contributed by atoms with Gasteiger partial charge in [0.1, 0.15) is 10.7 Å². The number of nitrogen functional groups attached to an aromatic ring is 1. The highest BCUT2D eigenvalue weighted by atomic mass is 32.2. The Kier molecular flexibility index (Phi) is 7.10. The van der Waals surface area contributed by atoms with E-state index in [0.29, 0.717) is 17.1 Å². The fourth-order valence-corrected chi connectivity index (χ4v) is 3.52. The maximum Gasteiger partial charge on any atom is 0.265 e. The van der Waals surface area contributed by atoms with E-state index in [0.717, 1.165) is 18.2 Å². The Bertz CT molecular complexity index is 500. The first-order valence-electron chi connectivity index (χ1n) is 7.01. The topological polar surface area (TPSA) is 88.3 Å². The van der Waals surface area contributed by atoms with Gasteiger partial charge in [-0.05, 0) is 27.2 Å². The van der Waals surface area contributed by atoms with Gasteiger partial charge >= 0.3 is 0 Å². The van der Waals surface area contributed by atoms with Crippen LogP contribution in [0.25, 0.3) is 0 Å². The van der Waals surface area contributed by atoms with Crippen LogP contribution in [0, 0.1) is 0 Å². The first-order chi connectivity index (χ1) is 9.88. The molecule has 0 aliphatic heterocycles. The van der Waals surface area contributed by atoms with Gasteiger partial charge in [-0.25, -0.2) is 4.98 Å². The lowest BCUT2D eigenvalue weighted by Crippen LogP contribution is -2.33. The Morgan fingerprint density at radius 2 is 2.10 bits per heavy atom. The monoisotopic (exact) mass is 332 g/mol. The Morgan fingerprint density at radius 1 is 1.48 bits per heavy atom. The average Bonchev–Trinajstić information content (AvgIpc) is 2.80. The first-order valence-corrected chi connectivity index (χ1v) is 9.55. The molecule has 1 aromatic heterocycles. The van der Waals surface area contributed by atoms with Crippen molar-refractivity contribution in [2.45, 2.75) is 33.2 Å². The number of rotatable bonds is 8. The summed E-state index contributed by atoms with van der Waals surface area (Å²) in [7, 11) is -0.847. The van der Waals surface area contributed by atoms with Crippen LogP contribution >= 0.6 is 11.3 Å². The van der Waals surface area contributed by atoms with Crippen LogP contribution in [0.15, 0.2) is 0 Å². The number of carbonyl (C=O) groups is 1. The molecule has 2 atom stereocenters. The lowest BCUT2D eigenvalue weighted by Gasteiger charge is -2.16. The fourth-order valence-electron chi connectivity index (χ4n) is 1.82. The van der Waals surface area contributed by atoms with E-state index in [4.69, 9.17) is 5.73 Å². The van der Waals surface area contributed by atoms with Gasteiger partial charge in [0.25, 0.3) is 5.91 Å². The quantitative estimate of drug-likeness (QED) is 0.752. The van der Waals surface area contributed by atoms with Crippen molar-refractivity contribution in [3.05, 3.63) is 4.88 Å². The van der Waals surface area contributed by atoms with Crippen molar-refractivity contribution in [2.24, 2.45) is 0 Å². The Hall–Kier alpha value is -1.15. The predicted molar refractivity (Wildman–Crippen MR) is 90.6 cm³/mol. The molecule has 8 heteroatoms. The molecule has 1 heterocycles. The van der Waals surface area contributed by atoms with Gasteiger partial charge in [0.05, 0.1) is 0 Å². The zero-order valence-corrected chi connectivity index (χ0v) is 14.6. The van der Waals surface area contributed by atoms with Crippen molar-refractivity contribution in [1.82, 2.24) is 10.3 Å². The highest BCUT2D eigenvalue weighted by Gasteiger charge is 2.19. The maximum absolute atomic E-state index is 12.2. The molecule has 0 aliphatic carbocycles. The summed E-state index contributed by atoms with van der Waals surface area (Å²) in [5, 5.41) is 3.65. The number of aromatic nitrogens is 1. The summed E-state index contributed by atoms with van der Waals surface area (Å²) in [4.78, 5) is 19.0. The summed E-state index contributed by atoms with van der Waals surface area (Å²) < 4.78 is 11.1. The highest BCUT2D eigenvalue weighted by Crippen LogP contribution is 2.27. The van der Waals surface area contributed by atoms with Gasteiger partial charge in [-0.1, -0.05) is 11.3 Å². The van der Waals surface area contributed by atoms with Crippen LogP contribution in [0.4, 0.5) is 10.9 Å². The Morgan fingerprint density at radius 3 is 2.62 bits per heavy atom. The van der Waals surface area contributed by atoms with E-state index >= 15 is 0 Å². The van der Waals surface area contributed by atoms with Gasteiger partial charge in [-0.3, -0.25) is 9.00 Å². The lowest BCUT2D eigenvalue weighted by molar-refractivity contribution is 0.0944. The number of thiazole rings is 1. The Labute approximate surface area is 132 Å². The van der Waals surface area contributed by atoms with Crippen molar-refractivity contribution < 1.29 is 9.00 Å². The van der Waals surface area contributed by atoms with Crippen molar-refractivity contribution >= 4 is 39.0 Å². The molecule has 21 heavy (non-hydrogen) atoms. The van der Waals surface area contributed by atoms with Gasteiger partial charge < -0.3 is 16.0 Å². The molecular formula is C13H24N4O2S2. The molecule has 0 radical (unpaired) electrons. The van der Waals surface area contributed by atoms with E-state index < -0.39 is 10.8 Å². The van der Waals surface area contributed by atoms with Crippen molar-refractivity contribution in [3.63, 3.8) is 0 Å². The predicted octanol–water partition coefficient (Wildman–Crippen LogP) is 1.46. The molecule has 2 unspecified atom stereocenters. The van der Waals surface area contributed by atoms with E-state index in [2.05, 4.69) is 15.2 Å². The summed E-state index contributed by atoms with van der Waals surface area (Å²) >= 11 is 1.31. The minimum Gasteiger partial charge on any atom is -0.382 e. The van der Waals surface area contributed by atoms with Crippen LogP contribution < -0.4 is 16.0 Å². The molecule has 6 nitrogen and oxygen atoms in total. The minimum atomic E-state index is -0.847. The second-order valence-corrected chi connectivity index (χ2v) is 7.36. The molecule has 1 rings (SSSR count). The lowest BCUT2D eigenvalue weighted by atomic mass is 10.2. The van der Waals surface area contributed by atoms with Crippen LogP contribution in [-0.4, -0.2) is 46.2 Å². The van der Waals surface area contributed by atoms with E-state index in [1.807, 2.05) is 20.8 Å². The number of anilines is 2. The van der Waals surface area contributed by atoms with Crippen LogP contribution in [-0.2, 0) is 10.8 Å². The van der Waals surface area contributed by atoms with Crippen molar-refractivity contribution in [2.75, 3.05) is 35.7 Å². The summed E-state index contributed by atoms with van der Waals surface area (Å²) in [5.74, 6) is 0.632. The van der Waals surface area contributed by atoms with Crippen LogP contribution in [0.3, 0.4) is 0 Å². The van der Waals surface area contributed by atoms with Gasteiger partial charge in [0.2, 0.25) is 0 Å². The van der Waals surface area contributed by atoms with E-state index in [9.17, 15) is 9.00 Å². The van der Waals surface area contributed by atoms with E-state index in [-0.39, 0.29) is 17.8 Å². The van der Waals surface area contributed by atoms with Crippen LogP contribution in [0.2, 0.25) is 0 Å². The third kappa shape index (κ3) is 5.28. The third-order valence-electron chi connectivity index (χ3n) is 3.10. The van der Waals surface area contributed by atoms with Crippen molar-refractivity contribution in [3.8, 4) is 0 Å². The molecule has 0 saturated carbocycles. The molecule has 0 aromatic carbocycles. The molecule has 3 N–H and O–H groups in total. The smallest absolute Gasteiger partial charge is 0.265 e.